The van der Waals surface area contributed by atoms with Crippen molar-refractivity contribution in [3.05, 3.63) is 11.3 Å². The predicted molar refractivity (Wildman–Crippen MR) is 78.8 cm³/mol. The molecule has 3 N–H and O–H groups in total. The maximum Gasteiger partial charge on any atom is 0.264 e. The Bertz CT molecular complexity index is 578. The summed E-state index contributed by atoms with van der Waals surface area (Å²) in [4.78, 5) is 29.7. The molecule has 1 heterocycles. The molecule has 0 aromatic rings. The zero-order valence-electron chi connectivity index (χ0n) is 12.3. The average Bonchev–Trinajstić information content (AvgIpc) is 2.34. The van der Waals surface area contributed by atoms with Crippen LogP contribution >= 0.6 is 0 Å². The molecule has 9 heteroatoms. The first-order valence-electron chi connectivity index (χ1n) is 6.50. The molecule has 1 rings (SSSR count). The molecule has 0 radical (unpaired) electrons. The Morgan fingerprint density at radius 2 is 2.05 bits per heavy atom. The second-order valence-corrected chi connectivity index (χ2v) is 6.75. The number of nitrogens with zero attached hydrogens (tertiary/aromatic N) is 1. The minimum atomic E-state index is -3.54. The van der Waals surface area contributed by atoms with Crippen molar-refractivity contribution in [2.75, 3.05) is 6.26 Å². The quantitative estimate of drug-likeness (QED) is 0.578. The minimum Gasteiger partial charge on any atom is -0.354 e. The molecule has 1 aliphatic rings. The lowest BCUT2D eigenvalue weighted by molar-refractivity contribution is -0.120. The molecule has 0 aromatic carbocycles. The molecule has 0 atom stereocenters. The van der Waals surface area contributed by atoms with Gasteiger partial charge in [0.25, 0.3) is 5.91 Å². The summed E-state index contributed by atoms with van der Waals surface area (Å²) >= 11 is 0. The lowest BCUT2D eigenvalue weighted by atomic mass is 10.0. The predicted octanol–water partition coefficient (Wildman–Crippen LogP) is -0.400. The van der Waals surface area contributed by atoms with E-state index in [1.165, 1.54) is 0 Å². The van der Waals surface area contributed by atoms with Crippen LogP contribution in [0.1, 0.15) is 33.1 Å². The Labute approximate surface area is 124 Å². The smallest absolute Gasteiger partial charge is 0.264 e. The third-order valence-corrected chi connectivity index (χ3v) is 2.99. The number of hydrogen-bond acceptors (Lipinski definition) is 5. The zero-order valence-corrected chi connectivity index (χ0v) is 13.1. The van der Waals surface area contributed by atoms with Crippen molar-refractivity contribution in [3.8, 4) is 0 Å². The van der Waals surface area contributed by atoms with Gasteiger partial charge in [-0.1, -0.05) is 0 Å². The van der Waals surface area contributed by atoms with Crippen LogP contribution < -0.4 is 15.6 Å². The second kappa shape index (κ2) is 7.32. The molecule has 2 amide bonds. The van der Waals surface area contributed by atoms with E-state index in [4.69, 9.17) is 0 Å². The fourth-order valence-electron chi connectivity index (χ4n) is 1.74. The summed E-state index contributed by atoms with van der Waals surface area (Å²) in [5.74, 6) is -0.829. The van der Waals surface area contributed by atoms with Gasteiger partial charge in [-0.15, -0.1) is 4.83 Å². The third-order valence-electron chi connectivity index (χ3n) is 2.52. The van der Waals surface area contributed by atoms with Crippen LogP contribution in [-0.2, 0) is 19.6 Å². The highest BCUT2D eigenvalue weighted by Gasteiger charge is 2.20. The van der Waals surface area contributed by atoms with Gasteiger partial charge in [0.2, 0.25) is 15.9 Å². The summed E-state index contributed by atoms with van der Waals surface area (Å²) in [6.07, 6.45) is 3.52. The second-order valence-electron chi connectivity index (χ2n) is 5.00. The van der Waals surface area contributed by atoms with Gasteiger partial charge in [-0.05, 0) is 26.7 Å². The molecule has 0 fully saturated rings. The third kappa shape index (κ3) is 6.50. The van der Waals surface area contributed by atoms with Crippen molar-refractivity contribution < 1.29 is 18.0 Å². The summed E-state index contributed by atoms with van der Waals surface area (Å²) < 4.78 is 21.9. The SMILES string of the molecule is CC(C)NC(=O)CC1=C(C(=O)NNS(C)(=O)=O)CCC=N1. The molecule has 0 saturated carbocycles. The monoisotopic (exact) mass is 316 g/mol. The summed E-state index contributed by atoms with van der Waals surface area (Å²) in [6, 6.07) is -0.00477. The minimum absolute atomic E-state index is 0.00477. The average molecular weight is 316 g/mol. The zero-order chi connectivity index (χ0) is 16.0. The van der Waals surface area contributed by atoms with Crippen LogP contribution in [0.5, 0.6) is 0 Å². The van der Waals surface area contributed by atoms with Crippen LogP contribution in [0, 0.1) is 0 Å². The van der Waals surface area contributed by atoms with Crippen LogP contribution in [0.2, 0.25) is 0 Å². The number of carbonyl (C=O) groups is 2. The number of sulfonamides is 1. The molecule has 0 saturated heterocycles. The molecule has 8 nitrogen and oxygen atoms in total. The normalized spacial score (nSPS) is 15.2. The first kappa shape index (κ1) is 17.3. The first-order valence-corrected chi connectivity index (χ1v) is 8.39. The van der Waals surface area contributed by atoms with Gasteiger partial charge < -0.3 is 5.32 Å². The highest BCUT2D eigenvalue weighted by molar-refractivity contribution is 7.88. The summed E-state index contributed by atoms with van der Waals surface area (Å²) in [5, 5.41) is 2.72. The lowest BCUT2D eigenvalue weighted by Crippen LogP contribution is -2.42. The molecule has 21 heavy (non-hydrogen) atoms. The van der Waals surface area contributed by atoms with Crippen LogP contribution in [-0.4, -0.2) is 38.7 Å². The van der Waals surface area contributed by atoms with Gasteiger partial charge in [-0.3, -0.25) is 20.0 Å². The first-order chi connectivity index (χ1) is 9.69. The van der Waals surface area contributed by atoms with Crippen LogP contribution in [0.25, 0.3) is 0 Å². The van der Waals surface area contributed by atoms with Gasteiger partial charge in [-0.25, -0.2) is 8.42 Å². The molecule has 0 aromatic heterocycles. The Balaban J connectivity index is 2.80. The number of nitrogens with one attached hydrogen (secondary N) is 3. The van der Waals surface area contributed by atoms with E-state index in [0.29, 0.717) is 24.1 Å². The van der Waals surface area contributed by atoms with Crippen molar-refractivity contribution in [2.24, 2.45) is 4.99 Å². The number of aliphatic imine (C=N–C) groups is 1. The van der Waals surface area contributed by atoms with Gasteiger partial charge in [0.1, 0.15) is 0 Å². The van der Waals surface area contributed by atoms with Crippen molar-refractivity contribution in [1.29, 1.82) is 0 Å². The van der Waals surface area contributed by atoms with E-state index in [-0.39, 0.29) is 18.4 Å². The van der Waals surface area contributed by atoms with Gasteiger partial charge in [0.05, 0.1) is 18.4 Å². The Morgan fingerprint density at radius 3 is 2.62 bits per heavy atom. The van der Waals surface area contributed by atoms with E-state index in [2.05, 4.69) is 15.7 Å². The van der Waals surface area contributed by atoms with E-state index >= 15 is 0 Å². The number of hydrazine groups is 1. The fourth-order valence-corrected chi connectivity index (χ4v) is 2.02. The summed E-state index contributed by atoms with van der Waals surface area (Å²) in [7, 11) is -3.54. The summed E-state index contributed by atoms with van der Waals surface area (Å²) in [6.45, 7) is 3.67. The number of amides is 2. The molecule has 1 aliphatic heterocycles. The molecular weight excluding hydrogens is 296 g/mol. The highest BCUT2D eigenvalue weighted by Crippen LogP contribution is 2.19. The van der Waals surface area contributed by atoms with E-state index in [9.17, 15) is 18.0 Å². The van der Waals surface area contributed by atoms with Crippen molar-refractivity contribution in [2.45, 2.75) is 39.2 Å². The fraction of sp³-hybridized carbons (Fsp3) is 0.583. The molecular formula is C12H20N4O4S. The summed E-state index contributed by atoms with van der Waals surface area (Å²) in [5.41, 5.74) is 2.76. The van der Waals surface area contributed by atoms with Crippen LogP contribution in [0.15, 0.2) is 16.3 Å². The lowest BCUT2D eigenvalue weighted by Gasteiger charge is -2.16. The standard InChI is InChI=1S/C12H20N4O4S/c1-8(2)14-11(17)7-10-9(5-4-6-13-10)12(18)15-16-21(3,19)20/h6,8,16H,4-5,7H2,1-3H3,(H,14,17)(H,15,18). The van der Waals surface area contributed by atoms with Gasteiger partial charge in [-0.2, -0.15) is 0 Å². The molecule has 0 unspecified atom stereocenters. The Kier molecular flexibility index (Phi) is 6.03. The van der Waals surface area contributed by atoms with Gasteiger partial charge in [0, 0.05) is 17.8 Å². The van der Waals surface area contributed by atoms with E-state index in [0.717, 1.165) is 6.26 Å². The van der Waals surface area contributed by atoms with E-state index in [1.54, 1.807) is 6.21 Å². The maximum atomic E-state index is 12.0. The molecule has 0 aliphatic carbocycles. The molecule has 118 valence electrons. The molecule has 0 bridgehead atoms. The number of carbonyl (C=O) groups excluding carboxylic acids is 2. The van der Waals surface area contributed by atoms with Gasteiger partial charge >= 0.3 is 0 Å². The van der Waals surface area contributed by atoms with E-state index in [1.807, 2.05) is 18.7 Å². The molecule has 0 spiro atoms. The highest BCUT2D eigenvalue weighted by atomic mass is 32.2. The van der Waals surface area contributed by atoms with Gasteiger partial charge in [0.15, 0.2) is 0 Å². The van der Waals surface area contributed by atoms with E-state index < -0.39 is 15.9 Å². The topological polar surface area (TPSA) is 117 Å². The van der Waals surface area contributed by atoms with Crippen LogP contribution in [0.4, 0.5) is 0 Å². The largest absolute Gasteiger partial charge is 0.354 e. The number of rotatable bonds is 6. The Hall–Kier alpha value is -1.74. The van der Waals surface area contributed by atoms with Crippen molar-refractivity contribution >= 4 is 28.1 Å². The van der Waals surface area contributed by atoms with Crippen LogP contribution in [0.3, 0.4) is 0 Å². The maximum absolute atomic E-state index is 12.0. The Morgan fingerprint density at radius 1 is 1.38 bits per heavy atom. The van der Waals surface area contributed by atoms with Crippen molar-refractivity contribution in [1.82, 2.24) is 15.6 Å². The van der Waals surface area contributed by atoms with Crippen molar-refractivity contribution in [3.63, 3.8) is 0 Å². The number of hydrogen-bond donors (Lipinski definition) is 3.